The minimum Gasteiger partial charge on any atom is -0.466 e. The molecule has 0 N–H and O–H groups in total. The first kappa shape index (κ1) is 19.4. The van der Waals surface area contributed by atoms with Crippen LogP contribution >= 0.6 is 0 Å². The number of nitrogens with zero attached hydrogens (tertiary/aromatic N) is 1. The molecule has 0 saturated carbocycles. The van der Waals surface area contributed by atoms with E-state index in [-0.39, 0.29) is 12.5 Å². The average molecular weight is 377 g/mol. The Hall–Kier alpha value is -3.34. The maximum Gasteiger partial charge on any atom is 0.342 e. The second-order valence-corrected chi connectivity index (χ2v) is 6.62. The molecule has 0 spiro atoms. The van der Waals surface area contributed by atoms with Gasteiger partial charge in [0.25, 0.3) is 5.91 Å². The molecule has 0 saturated heterocycles. The summed E-state index contributed by atoms with van der Waals surface area (Å²) in [5.74, 6) is 0.312. The Labute approximate surface area is 164 Å². The van der Waals surface area contributed by atoms with Crippen molar-refractivity contribution in [3.63, 3.8) is 0 Å². The van der Waals surface area contributed by atoms with Crippen LogP contribution in [0.5, 0.6) is 0 Å². The molecule has 28 heavy (non-hydrogen) atoms. The topological polar surface area (TPSA) is 59.8 Å². The number of aryl methyl sites for hydroxylation is 2. The van der Waals surface area contributed by atoms with E-state index in [2.05, 4.69) is 0 Å². The van der Waals surface area contributed by atoms with Gasteiger partial charge in [-0.3, -0.25) is 4.79 Å². The number of carbonyl (C=O) groups excluding carboxylic acids is 2. The van der Waals surface area contributed by atoms with Gasteiger partial charge in [0.15, 0.2) is 6.61 Å². The van der Waals surface area contributed by atoms with Crippen LogP contribution in [0.3, 0.4) is 0 Å². The number of hydrogen-bond donors (Lipinski definition) is 0. The number of esters is 1. The minimum absolute atomic E-state index is 0.251. The van der Waals surface area contributed by atoms with Crippen LogP contribution in [-0.4, -0.2) is 23.4 Å². The Morgan fingerprint density at radius 2 is 1.43 bits per heavy atom. The summed E-state index contributed by atoms with van der Waals surface area (Å²) < 4.78 is 10.6. The second-order valence-electron chi connectivity index (χ2n) is 6.62. The van der Waals surface area contributed by atoms with Crippen LogP contribution in [0.4, 0.5) is 0 Å². The summed E-state index contributed by atoms with van der Waals surface area (Å²) in [6.45, 7) is 4.02. The summed E-state index contributed by atoms with van der Waals surface area (Å²) in [5, 5.41) is 0. The molecule has 1 amide bonds. The maximum absolute atomic E-state index is 12.8. The quantitative estimate of drug-likeness (QED) is 0.577. The zero-order chi connectivity index (χ0) is 19.9. The number of rotatable bonds is 7. The molecule has 1 heterocycles. The first-order valence-corrected chi connectivity index (χ1v) is 9.12. The normalized spacial score (nSPS) is 10.5. The molecule has 144 valence electrons. The molecule has 0 unspecified atom stereocenters. The molecule has 3 rings (SSSR count). The van der Waals surface area contributed by atoms with Crippen molar-refractivity contribution in [2.45, 2.75) is 26.9 Å². The van der Waals surface area contributed by atoms with Crippen LogP contribution in [0.1, 0.15) is 33.0 Å². The third kappa shape index (κ3) is 5.10. The molecule has 0 radical (unpaired) electrons. The molecule has 0 aliphatic carbocycles. The summed E-state index contributed by atoms with van der Waals surface area (Å²) in [6, 6.07) is 21.1. The average Bonchev–Trinajstić information content (AvgIpc) is 3.05. The number of hydrogen-bond acceptors (Lipinski definition) is 4. The highest BCUT2D eigenvalue weighted by molar-refractivity contribution is 5.92. The van der Waals surface area contributed by atoms with Gasteiger partial charge in [-0.05, 0) is 31.0 Å². The van der Waals surface area contributed by atoms with Crippen LogP contribution < -0.4 is 0 Å². The molecule has 2 aromatic carbocycles. The maximum atomic E-state index is 12.8. The first-order chi connectivity index (χ1) is 13.5. The van der Waals surface area contributed by atoms with Crippen molar-refractivity contribution in [3.8, 4) is 0 Å². The highest BCUT2D eigenvalue weighted by Crippen LogP contribution is 2.15. The molecule has 5 nitrogen and oxygen atoms in total. The molecule has 3 aromatic rings. The highest BCUT2D eigenvalue weighted by atomic mass is 16.5. The lowest BCUT2D eigenvalue weighted by Crippen LogP contribution is -2.34. The summed E-state index contributed by atoms with van der Waals surface area (Å²) in [6.07, 6.45) is 0. The number of amides is 1. The SMILES string of the molecule is Cc1cc(C(=O)OCC(=O)N(Cc2ccccc2)Cc2ccccc2)c(C)o1. The van der Waals surface area contributed by atoms with Gasteiger partial charge in [0.2, 0.25) is 0 Å². The summed E-state index contributed by atoms with van der Waals surface area (Å²) in [4.78, 5) is 26.8. The Balaban J connectivity index is 1.68. The minimum atomic E-state index is -0.554. The molecular weight excluding hydrogens is 354 g/mol. The van der Waals surface area contributed by atoms with Gasteiger partial charge in [-0.25, -0.2) is 4.79 Å². The van der Waals surface area contributed by atoms with Gasteiger partial charge < -0.3 is 14.1 Å². The van der Waals surface area contributed by atoms with Crippen LogP contribution in [0.25, 0.3) is 0 Å². The van der Waals surface area contributed by atoms with Gasteiger partial charge in [0, 0.05) is 13.1 Å². The van der Waals surface area contributed by atoms with Gasteiger partial charge in [0.1, 0.15) is 17.1 Å². The monoisotopic (exact) mass is 377 g/mol. The van der Waals surface area contributed by atoms with Crippen LogP contribution in [0.2, 0.25) is 0 Å². The van der Waals surface area contributed by atoms with E-state index in [9.17, 15) is 9.59 Å². The summed E-state index contributed by atoms with van der Waals surface area (Å²) in [5.41, 5.74) is 2.38. The molecule has 0 atom stereocenters. The van der Waals surface area contributed by atoms with Crippen molar-refractivity contribution in [2.75, 3.05) is 6.61 Å². The van der Waals surface area contributed by atoms with E-state index >= 15 is 0 Å². The number of carbonyl (C=O) groups is 2. The number of ether oxygens (including phenoxy) is 1. The lowest BCUT2D eigenvalue weighted by Gasteiger charge is -2.23. The van der Waals surface area contributed by atoms with E-state index in [1.54, 1.807) is 24.8 Å². The summed E-state index contributed by atoms with van der Waals surface area (Å²) >= 11 is 0. The van der Waals surface area contributed by atoms with E-state index in [0.717, 1.165) is 11.1 Å². The largest absolute Gasteiger partial charge is 0.466 e. The fraction of sp³-hybridized carbons (Fsp3) is 0.217. The molecule has 1 aromatic heterocycles. The van der Waals surface area contributed by atoms with E-state index in [4.69, 9.17) is 9.15 Å². The zero-order valence-electron chi connectivity index (χ0n) is 16.1. The van der Waals surface area contributed by atoms with Crippen molar-refractivity contribution in [1.29, 1.82) is 0 Å². The molecular formula is C23H23NO4. The van der Waals surface area contributed by atoms with Gasteiger partial charge in [-0.1, -0.05) is 60.7 Å². The van der Waals surface area contributed by atoms with E-state index < -0.39 is 5.97 Å². The molecule has 0 fully saturated rings. The Morgan fingerprint density at radius 1 is 0.893 bits per heavy atom. The molecule has 0 aliphatic heterocycles. The second kappa shape index (κ2) is 9.04. The van der Waals surface area contributed by atoms with Gasteiger partial charge in [-0.2, -0.15) is 0 Å². The van der Waals surface area contributed by atoms with Crippen molar-refractivity contribution in [3.05, 3.63) is 94.9 Å². The van der Waals surface area contributed by atoms with Gasteiger partial charge in [0.05, 0.1) is 0 Å². The Kier molecular flexibility index (Phi) is 6.27. The van der Waals surface area contributed by atoms with Crippen LogP contribution in [0, 0.1) is 13.8 Å². The Bertz CT molecular complexity index is 890. The fourth-order valence-electron chi connectivity index (χ4n) is 2.97. The number of benzene rings is 2. The third-order valence-corrected chi connectivity index (χ3v) is 4.37. The van der Waals surface area contributed by atoms with E-state index in [0.29, 0.717) is 30.2 Å². The van der Waals surface area contributed by atoms with Crippen molar-refractivity contribution >= 4 is 11.9 Å². The van der Waals surface area contributed by atoms with E-state index in [1.807, 2.05) is 60.7 Å². The first-order valence-electron chi connectivity index (χ1n) is 9.12. The molecule has 5 heteroatoms. The van der Waals surface area contributed by atoms with Gasteiger partial charge >= 0.3 is 5.97 Å². The predicted molar refractivity (Wildman–Crippen MR) is 106 cm³/mol. The van der Waals surface area contributed by atoms with Crippen LogP contribution in [-0.2, 0) is 22.6 Å². The lowest BCUT2D eigenvalue weighted by molar-refractivity contribution is -0.135. The smallest absolute Gasteiger partial charge is 0.342 e. The standard InChI is InChI=1S/C23H23NO4/c1-17-13-21(18(2)28-17)23(26)27-16-22(25)24(14-19-9-5-3-6-10-19)15-20-11-7-4-8-12-20/h3-13H,14-16H2,1-2H3. The molecule has 0 aliphatic rings. The van der Waals surface area contributed by atoms with Crippen molar-refractivity contribution in [1.82, 2.24) is 4.90 Å². The van der Waals surface area contributed by atoms with Crippen molar-refractivity contribution < 1.29 is 18.7 Å². The fourth-order valence-corrected chi connectivity index (χ4v) is 2.97. The van der Waals surface area contributed by atoms with Crippen LogP contribution in [0.15, 0.2) is 71.1 Å². The summed E-state index contributed by atoms with van der Waals surface area (Å²) in [7, 11) is 0. The predicted octanol–water partition coefficient (Wildman–Crippen LogP) is 4.28. The zero-order valence-corrected chi connectivity index (χ0v) is 16.1. The molecule has 0 bridgehead atoms. The number of furan rings is 1. The Morgan fingerprint density at radius 3 is 1.89 bits per heavy atom. The van der Waals surface area contributed by atoms with Gasteiger partial charge in [-0.15, -0.1) is 0 Å². The highest BCUT2D eigenvalue weighted by Gasteiger charge is 2.20. The lowest BCUT2D eigenvalue weighted by atomic mass is 10.1. The van der Waals surface area contributed by atoms with Crippen molar-refractivity contribution in [2.24, 2.45) is 0 Å². The third-order valence-electron chi connectivity index (χ3n) is 4.37. The van der Waals surface area contributed by atoms with E-state index in [1.165, 1.54) is 0 Å².